The van der Waals surface area contributed by atoms with Crippen LogP contribution in [-0.4, -0.2) is 39.4 Å². The van der Waals surface area contributed by atoms with Crippen LogP contribution < -0.4 is 10.0 Å². The molecular weight excluding hydrogens is 266 g/mol. The summed E-state index contributed by atoms with van der Waals surface area (Å²) in [5.41, 5.74) is 0.807. The Labute approximate surface area is 115 Å². The van der Waals surface area contributed by atoms with Gasteiger partial charge in [-0.25, -0.2) is 0 Å². The highest BCUT2D eigenvalue weighted by Gasteiger charge is 2.16. The summed E-state index contributed by atoms with van der Waals surface area (Å²) >= 11 is 0. The molecule has 0 aliphatic heterocycles. The number of nitrogens with zero attached hydrogens (tertiary/aromatic N) is 1. The van der Waals surface area contributed by atoms with Crippen molar-refractivity contribution in [2.45, 2.75) is 26.3 Å². The largest absolute Gasteiger partial charge is 0.472 e. The Morgan fingerprint density at radius 2 is 2.16 bits per heavy atom. The Balaban J connectivity index is 2.27. The first-order chi connectivity index (χ1) is 9.06. The summed E-state index contributed by atoms with van der Waals surface area (Å²) in [7, 11) is -1.83. The lowest BCUT2D eigenvalue weighted by molar-refractivity contribution is 0.444. The van der Waals surface area contributed by atoms with Crippen molar-refractivity contribution in [3.05, 3.63) is 24.2 Å². The van der Waals surface area contributed by atoms with E-state index in [9.17, 15) is 8.42 Å². The number of hydrogen-bond acceptors (Lipinski definition) is 4. The minimum absolute atomic E-state index is 0.247. The number of rotatable bonds is 10. The van der Waals surface area contributed by atoms with E-state index in [1.54, 1.807) is 13.1 Å². The number of hydrogen-bond donors (Lipinski definition) is 2. The molecular formula is C12H23N3O3S. The lowest BCUT2D eigenvalue weighted by Gasteiger charge is -2.17. The molecule has 0 saturated carbocycles. The molecule has 0 amide bonds. The molecule has 1 aromatic heterocycles. The lowest BCUT2D eigenvalue weighted by Crippen LogP contribution is -2.39. The van der Waals surface area contributed by atoms with Gasteiger partial charge in [0.2, 0.25) is 0 Å². The van der Waals surface area contributed by atoms with Crippen LogP contribution in [0.15, 0.2) is 23.0 Å². The van der Waals surface area contributed by atoms with Gasteiger partial charge in [-0.1, -0.05) is 6.92 Å². The molecule has 0 unspecified atom stereocenters. The van der Waals surface area contributed by atoms with Crippen molar-refractivity contribution in [2.75, 3.05) is 26.7 Å². The minimum atomic E-state index is -3.42. The van der Waals surface area contributed by atoms with E-state index in [0.29, 0.717) is 6.54 Å². The SMILES string of the molecule is CCCNCCCN(C)S(=O)(=O)NCc1ccoc1. The Bertz CT molecular complexity index is 431. The predicted molar refractivity (Wildman–Crippen MR) is 74.9 cm³/mol. The fraction of sp³-hybridized carbons (Fsp3) is 0.667. The quantitative estimate of drug-likeness (QED) is 0.629. The Hall–Kier alpha value is -0.890. The zero-order valence-electron chi connectivity index (χ0n) is 11.6. The fourth-order valence-electron chi connectivity index (χ4n) is 1.53. The highest BCUT2D eigenvalue weighted by Crippen LogP contribution is 2.02. The molecule has 0 bridgehead atoms. The van der Waals surface area contributed by atoms with Crippen LogP contribution in [0.5, 0.6) is 0 Å². The van der Waals surface area contributed by atoms with Crippen LogP contribution in [0.3, 0.4) is 0 Å². The summed E-state index contributed by atoms with van der Waals surface area (Å²) < 4.78 is 32.6. The molecule has 19 heavy (non-hydrogen) atoms. The van der Waals surface area contributed by atoms with Crippen LogP contribution in [0, 0.1) is 0 Å². The van der Waals surface area contributed by atoms with E-state index < -0.39 is 10.2 Å². The molecule has 1 aromatic rings. The highest BCUT2D eigenvalue weighted by molar-refractivity contribution is 7.87. The van der Waals surface area contributed by atoms with E-state index in [1.807, 2.05) is 0 Å². The van der Waals surface area contributed by atoms with Gasteiger partial charge in [-0.05, 0) is 32.0 Å². The van der Waals surface area contributed by atoms with Crippen molar-refractivity contribution in [1.29, 1.82) is 0 Å². The van der Waals surface area contributed by atoms with Crippen molar-refractivity contribution in [1.82, 2.24) is 14.3 Å². The molecule has 7 heteroatoms. The van der Waals surface area contributed by atoms with Crippen molar-refractivity contribution >= 4 is 10.2 Å². The molecule has 0 spiro atoms. The standard InChI is InChI=1S/C12H23N3O3S/c1-3-6-13-7-4-8-15(2)19(16,17)14-10-12-5-9-18-11-12/h5,9,11,13-14H,3-4,6-8,10H2,1-2H3. The normalized spacial score (nSPS) is 12.2. The Morgan fingerprint density at radius 1 is 1.37 bits per heavy atom. The number of nitrogens with one attached hydrogen (secondary N) is 2. The first-order valence-corrected chi connectivity index (χ1v) is 7.93. The van der Waals surface area contributed by atoms with Gasteiger partial charge < -0.3 is 9.73 Å². The molecule has 2 N–H and O–H groups in total. The average molecular weight is 289 g/mol. The van der Waals surface area contributed by atoms with Gasteiger partial charge in [0.1, 0.15) is 0 Å². The van der Waals surface area contributed by atoms with Gasteiger partial charge in [-0.15, -0.1) is 0 Å². The van der Waals surface area contributed by atoms with Crippen LogP contribution in [-0.2, 0) is 16.8 Å². The second-order valence-corrected chi connectivity index (χ2v) is 6.24. The summed E-state index contributed by atoms with van der Waals surface area (Å²) in [6.45, 7) is 4.64. The Kier molecular flexibility index (Phi) is 7.07. The molecule has 1 heterocycles. The van der Waals surface area contributed by atoms with Crippen LogP contribution in [0.25, 0.3) is 0 Å². The minimum Gasteiger partial charge on any atom is -0.472 e. The monoisotopic (exact) mass is 289 g/mol. The highest BCUT2D eigenvalue weighted by atomic mass is 32.2. The van der Waals surface area contributed by atoms with Gasteiger partial charge in [0.15, 0.2) is 0 Å². The maximum absolute atomic E-state index is 11.9. The van der Waals surface area contributed by atoms with Gasteiger partial charge >= 0.3 is 0 Å². The van der Waals surface area contributed by atoms with Crippen LogP contribution >= 0.6 is 0 Å². The van der Waals surface area contributed by atoms with E-state index in [2.05, 4.69) is 17.0 Å². The van der Waals surface area contributed by atoms with Crippen molar-refractivity contribution in [3.63, 3.8) is 0 Å². The lowest BCUT2D eigenvalue weighted by atomic mass is 10.4. The summed E-state index contributed by atoms with van der Waals surface area (Å²) in [6.07, 6.45) is 4.92. The average Bonchev–Trinajstić information content (AvgIpc) is 2.89. The van der Waals surface area contributed by atoms with Crippen molar-refractivity contribution < 1.29 is 12.8 Å². The van der Waals surface area contributed by atoms with E-state index in [-0.39, 0.29) is 6.54 Å². The summed E-state index contributed by atoms with van der Waals surface area (Å²) in [5.74, 6) is 0. The van der Waals surface area contributed by atoms with Gasteiger partial charge in [0.05, 0.1) is 12.5 Å². The maximum atomic E-state index is 11.9. The van der Waals surface area contributed by atoms with Gasteiger partial charge in [0.25, 0.3) is 10.2 Å². The topological polar surface area (TPSA) is 74.6 Å². The van der Waals surface area contributed by atoms with Crippen LogP contribution in [0.2, 0.25) is 0 Å². The van der Waals surface area contributed by atoms with Gasteiger partial charge in [0, 0.05) is 25.7 Å². The molecule has 0 aromatic carbocycles. The fourth-order valence-corrected chi connectivity index (χ4v) is 2.47. The summed E-state index contributed by atoms with van der Waals surface area (Å²) in [5, 5.41) is 3.24. The summed E-state index contributed by atoms with van der Waals surface area (Å²) in [6, 6.07) is 1.73. The molecule has 110 valence electrons. The molecule has 0 radical (unpaired) electrons. The van der Waals surface area contributed by atoms with Crippen molar-refractivity contribution in [3.8, 4) is 0 Å². The molecule has 1 rings (SSSR count). The second-order valence-electron chi connectivity index (χ2n) is 4.38. The van der Waals surface area contributed by atoms with Crippen molar-refractivity contribution in [2.24, 2.45) is 0 Å². The van der Waals surface area contributed by atoms with Gasteiger partial charge in [-0.3, -0.25) is 0 Å². The molecule has 0 aliphatic rings. The van der Waals surface area contributed by atoms with E-state index in [1.165, 1.54) is 16.8 Å². The second kappa shape index (κ2) is 8.31. The third kappa shape index (κ3) is 6.20. The molecule has 0 aliphatic carbocycles. The zero-order valence-corrected chi connectivity index (χ0v) is 12.4. The number of furan rings is 1. The molecule has 0 saturated heterocycles. The predicted octanol–water partition coefficient (Wildman–Crippen LogP) is 0.935. The van der Waals surface area contributed by atoms with E-state index in [4.69, 9.17) is 4.42 Å². The Morgan fingerprint density at radius 3 is 2.79 bits per heavy atom. The smallest absolute Gasteiger partial charge is 0.279 e. The van der Waals surface area contributed by atoms with E-state index >= 15 is 0 Å². The molecule has 6 nitrogen and oxygen atoms in total. The van der Waals surface area contributed by atoms with Crippen LogP contribution in [0.4, 0.5) is 0 Å². The van der Waals surface area contributed by atoms with E-state index in [0.717, 1.165) is 31.5 Å². The maximum Gasteiger partial charge on any atom is 0.279 e. The molecule has 0 fully saturated rings. The third-order valence-electron chi connectivity index (χ3n) is 2.70. The first kappa shape index (κ1) is 16.2. The third-order valence-corrected chi connectivity index (χ3v) is 4.21. The summed E-state index contributed by atoms with van der Waals surface area (Å²) in [4.78, 5) is 0. The molecule has 0 atom stereocenters. The zero-order chi connectivity index (χ0) is 14.1. The van der Waals surface area contributed by atoms with Gasteiger partial charge in [-0.2, -0.15) is 17.4 Å². The van der Waals surface area contributed by atoms with Crippen LogP contribution in [0.1, 0.15) is 25.3 Å². The first-order valence-electron chi connectivity index (χ1n) is 6.49.